The molecular formula is C16H22N4O2. The molecule has 1 aromatic heterocycles. The van der Waals surface area contributed by atoms with Gasteiger partial charge in [-0.25, -0.2) is 0 Å². The van der Waals surface area contributed by atoms with Gasteiger partial charge in [0.15, 0.2) is 0 Å². The standard InChI is InChI=1S/C16H22N4O2/c1-19(2)8-9-22-15-6-4-13(5-7-15)10-17-16(21)14-11-18-20(3)12-14/h4-7,11-12H,8-10H2,1-3H3,(H,17,21). The third kappa shape index (κ3) is 4.89. The van der Waals surface area contributed by atoms with Crippen LogP contribution in [0.4, 0.5) is 0 Å². The maximum absolute atomic E-state index is 11.9. The van der Waals surface area contributed by atoms with E-state index in [0.717, 1.165) is 17.9 Å². The number of nitrogens with one attached hydrogen (secondary N) is 1. The van der Waals surface area contributed by atoms with E-state index in [9.17, 15) is 4.79 Å². The summed E-state index contributed by atoms with van der Waals surface area (Å²) in [5.74, 6) is 0.712. The molecule has 1 N–H and O–H groups in total. The summed E-state index contributed by atoms with van der Waals surface area (Å²) in [5.41, 5.74) is 1.59. The molecule has 0 unspecified atom stereocenters. The first kappa shape index (κ1) is 16.0. The van der Waals surface area contributed by atoms with Crippen molar-refractivity contribution < 1.29 is 9.53 Å². The molecule has 118 valence electrons. The number of aryl methyl sites for hydroxylation is 1. The van der Waals surface area contributed by atoms with Crippen LogP contribution in [-0.4, -0.2) is 47.8 Å². The number of likely N-dealkylation sites (N-methyl/N-ethyl adjacent to an activating group) is 1. The van der Waals surface area contributed by atoms with E-state index in [2.05, 4.69) is 15.3 Å². The Balaban J connectivity index is 1.80. The Morgan fingerprint density at radius 3 is 2.64 bits per heavy atom. The summed E-state index contributed by atoms with van der Waals surface area (Å²) in [6.45, 7) is 2.01. The largest absolute Gasteiger partial charge is 0.492 e. The molecule has 1 amide bonds. The van der Waals surface area contributed by atoms with E-state index in [0.29, 0.717) is 18.7 Å². The Morgan fingerprint density at radius 1 is 1.32 bits per heavy atom. The minimum Gasteiger partial charge on any atom is -0.492 e. The van der Waals surface area contributed by atoms with E-state index < -0.39 is 0 Å². The molecule has 0 bridgehead atoms. The van der Waals surface area contributed by atoms with Gasteiger partial charge in [-0.2, -0.15) is 5.10 Å². The van der Waals surface area contributed by atoms with Crippen LogP contribution in [0.3, 0.4) is 0 Å². The van der Waals surface area contributed by atoms with Crippen LogP contribution in [-0.2, 0) is 13.6 Å². The molecule has 0 atom stereocenters. The highest BCUT2D eigenvalue weighted by Crippen LogP contribution is 2.12. The second-order valence-corrected chi connectivity index (χ2v) is 5.38. The average molecular weight is 302 g/mol. The SMILES string of the molecule is CN(C)CCOc1ccc(CNC(=O)c2cnn(C)c2)cc1. The molecule has 2 rings (SSSR count). The van der Waals surface area contributed by atoms with Gasteiger partial charge < -0.3 is 15.0 Å². The first-order valence-corrected chi connectivity index (χ1v) is 7.18. The lowest BCUT2D eigenvalue weighted by atomic mass is 10.2. The Hall–Kier alpha value is -2.34. The molecule has 0 aliphatic carbocycles. The first-order chi connectivity index (χ1) is 10.5. The highest BCUT2D eigenvalue weighted by Gasteiger charge is 2.07. The minimum absolute atomic E-state index is 0.126. The topological polar surface area (TPSA) is 59.4 Å². The van der Waals surface area contributed by atoms with Gasteiger partial charge in [0.2, 0.25) is 0 Å². The van der Waals surface area contributed by atoms with Crippen molar-refractivity contribution in [3.63, 3.8) is 0 Å². The molecule has 6 heteroatoms. The first-order valence-electron chi connectivity index (χ1n) is 7.18. The smallest absolute Gasteiger partial charge is 0.254 e. The summed E-state index contributed by atoms with van der Waals surface area (Å²) >= 11 is 0. The molecular weight excluding hydrogens is 280 g/mol. The summed E-state index contributed by atoms with van der Waals surface area (Å²) in [6.07, 6.45) is 3.24. The van der Waals surface area contributed by atoms with Gasteiger partial charge in [0, 0.05) is 26.3 Å². The quantitative estimate of drug-likeness (QED) is 0.837. The van der Waals surface area contributed by atoms with Crippen molar-refractivity contribution in [3.8, 4) is 5.75 Å². The van der Waals surface area contributed by atoms with Crippen LogP contribution in [0.2, 0.25) is 0 Å². The van der Waals surface area contributed by atoms with Gasteiger partial charge in [-0.15, -0.1) is 0 Å². The van der Waals surface area contributed by atoms with Crippen LogP contribution in [0.5, 0.6) is 5.75 Å². The number of hydrogen-bond donors (Lipinski definition) is 1. The van der Waals surface area contributed by atoms with Crippen molar-refractivity contribution in [2.24, 2.45) is 7.05 Å². The van der Waals surface area contributed by atoms with E-state index in [-0.39, 0.29) is 5.91 Å². The van der Waals surface area contributed by atoms with Crippen molar-refractivity contribution >= 4 is 5.91 Å². The minimum atomic E-state index is -0.126. The number of carbonyl (C=O) groups is 1. The predicted octanol–water partition coefficient (Wildman–Crippen LogP) is 1.29. The van der Waals surface area contributed by atoms with Crippen molar-refractivity contribution in [3.05, 3.63) is 47.8 Å². The Labute approximate surface area is 130 Å². The van der Waals surface area contributed by atoms with E-state index >= 15 is 0 Å². The van der Waals surface area contributed by atoms with Crippen LogP contribution in [0.25, 0.3) is 0 Å². The maximum Gasteiger partial charge on any atom is 0.254 e. The van der Waals surface area contributed by atoms with Crippen LogP contribution in [0.15, 0.2) is 36.7 Å². The Morgan fingerprint density at radius 2 is 2.05 bits per heavy atom. The number of hydrogen-bond acceptors (Lipinski definition) is 4. The van der Waals surface area contributed by atoms with Gasteiger partial charge in [0.25, 0.3) is 5.91 Å². The van der Waals surface area contributed by atoms with Gasteiger partial charge in [-0.05, 0) is 31.8 Å². The van der Waals surface area contributed by atoms with Crippen molar-refractivity contribution in [2.75, 3.05) is 27.2 Å². The van der Waals surface area contributed by atoms with E-state index in [4.69, 9.17) is 4.74 Å². The summed E-state index contributed by atoms with van der Waals surface area (Å²) in [4.78, 5) is 14.0. The van der Waals surface area contributed by atoms with Crippen LogP contribution in [0.1, 0.15) is 15.9 Å². The molecule has 2 aromatic rings. The molecule has 0 saturated heterocycles. The third-order valence-electron chi connectivity index (χ3n) is 3.15. The van der Waals surface area contributed by atoms with Crippen molar-refractivity contribution in [1.82, 2.24) is 20.0 Å². The van der Waals surface area contributed by atoms with E-state index in [1.54, 1.807) is 24.1 Å². The summed E-state index contributed by atoms with van der Waals surface area (Å²) in [5, 5.41) is 6.85. The number of nitrogens with zero attached hydrogens (tertiary/aromatic N) is 3. The third-order valence-corrected chi connectivity index (χ3v) is 3.15. The summed E-state index contributed by atoms with van der Waals surface area (Å²) in [7, 11) is 5.81. The average Bonchev–Trinajstić information content (AvgIpc) is 2.92. The number of benzene rings is 1. The normalized spacial score (nSPS) is 10.7. The molecule has 0 fully saturated rings. The van der Waals surface area contributed by atoms with Crippen molar-refractivity contribution in [2.45, 2.75) is 6.54 Å². The zero-order valence-electron chi connectivity index (χ0n) is 13.2. The fourth-order valence-corrected chi connectivity index (χ4v) is 1.87. The highest BCUT2D eigenvalue weighted by atomic mass is 16.5. The molecule has 0 aliphatic heterocycles. The molecule has 0 saturated carbocycles. The molecule has 0 aliphatic rings. The number of carbonyl (C=O) groups excluding carboxylic acids is 1. The number of rotatable bonds is 7. The van der Waals surface area contributed by atoms with Crippen LogP contribution < -0.4 is 10.1 Å². The number of ether oxygens (including phenoxy) is 1. The summed E-state index contributed by atoms with van der Waals surface area (Å²) < 4.78 is 7.24. The summed E-state index contributed by atoms with van der Waals surface area (Å²) in [6, 6.07) is 7.74. The van der Waals surface area contributed by atoms with Crippen molar-refractivity contribution in [1.29, 1.82) is 0 Å². The molecule has 0 radical (unpaired) electrons. The van der Waals surface area contributed by atoms with Crippen LogP contribution >= 0.6 is 0 Å². The van der Waals surface area contributed by atoms with Gasteiger partial charge in [0.1, 0.15) is 12.4 Å². The zero-order valence-corrected chi connectivity index (χ0v) is 13.2. The van der Waals surface area contributed by atoms with E-state index in [1.165, 1.54) is 0 Å². The lowest BCUT2D eigenvalue weighted by Crippen LogP contribution is -2.22. The molecule has 0 spiro atoms. The van der Waals surface area contributed by atoms with Gasteiger partial charge in [-0.1, -0.05) is 12.1 Å². The maximum atomic E-state index is 11.9. The lowest BCUT2D eigenvalue weighted by molar-refractivity contribution is 0.0951. The fourth-order valence-electron chi connectivity index (χ4n) is 1.87. The molecule has 22 heavy (non-hydrogen) atoms. The lowest BCUT2D eigenvalue weighted by Gasteiger charge is -2.11. The molecule has 1 heterocycles. The van der Waals surface area contributed by atoms with E-state index in [1.807, 2.05) is 38.4 Å². The van der Waals surface area contributed by atoms with Crippen LogP contribution in [0, 0.1) is 0 Å². The Kier molecular flexibility index (Phi) is 5.55. The predicted molar refractivity (Wildman–Crippen MR) is 84.9 cm³/mol. The highest BCUT2D eigenvalue weighted by molar-refractivity contribution is 5.93. The monoisotopic (exact) mass is 302 g/mol. The zero-order chi connectivity index (χ0) is 15.9. The second kappa shape index (κ2) is 7.61. The fraction of sp³-hybridized carbons (Fsp3) is 0.375. The van der Waals surface area contributed by atoms with Gasteiger partial charge in [0.05, 0.1) is 11.8 Å². The van der Waals surface area contributed by atoms with Gasteiger partial charge >= 0.3 is 0 Å². The molecule has 6 nitrogen and oxygen atoms in total. The number of aromatic nitrogens is 2. The Bertz CT molecular complexity index is 605. The molecule has 1 aromatic carbocycles. The van der Waals surface area contributed by atoms with Gasteiger partial charge in [-0.3, -0.25) is 9.48 Å². The number of amides is 1. The second-order valence-electron chi connectivity index (χ2n) is 5.38.